The van der Waals surface area contributed by atoms with E-state index < -0.39 is 18.3 Å². The monoisotopic (exact) mass is 208 g/mol. The van der Waals surface area contributed by atoms with E-state index in [2.05, 4.69) is 10.3 Å². The van der Waals surface area contributed by atoms with Crippen molar-refractivity contribution in [3.05, 3.63) is 11.9 Å². The summed E-state index contributed by atoms with van der Waals surface area (Å²) in [6, 6.07) is 0. The molecule has 1 aromatic heterocycles. The second kappa shape index (κ2) is 3.23. The molecule has 0 aliphatic carbocycles. The lowest BCUT2D eigenvalue weighted by Crippen LogP contribution is -2.29. The van der Waals surface area contributed by atoms with E-state index in [1.54, 1.807) is 13.8 Å². The summed E-state index contributed by atoms with van der Waals surface area (Å²) in [4.78, 5) is 0. The molecule has 80 valence electrons. The fourth-order valence-electron chi connectivity index (χ4n) is 0.855. The van der Waals surface area contributed by atoms with E-state index in [-0.39, 0.29) is 0 Å². The van der Waals surface area contributed by atoms with Gasteiger partial charge < -0.3 is 5.73 Å². The Balaban J connectivity index is 2.79. The summed E-state index contributed by atoms with van der Waals surface area (Å²) in [7, 11) is 0. The van der Waals surface area contributed by atoms with E-state index in [1.807, 2.05) is 0 Å². The van der Waals surface area contributed by atoms with Gasteiger partial charge in [0.1, 0.15) is 12.2 Å². The van der Waals surface area contributed by atoms with Crippen LogP contribution in [0.15, 0.2) is 6.20 Å². The summed E-state index contributed by atoms with van der Waals surface area (Å²) < 4.78 is 36.5. The maximum Gasteiger partial charge on any atom is 0.408 e. The minimum Gasteiger partial charge on any atom is -0.320 e. The molecule has 14 heavy (non-hydrogen) atoms. The van der Waals surface area contributed by atoms with Crippen LogP contribution in [0.4, 0.5) is 13.2 Å². The number of alkyl halides is 3. The van der Waals surface area contributed by atoms with Gasteiger partial charge in [-0.2, -0.15) is 13.2 Å². The van der Waals surface area contributed by atoms with Gasteiger partial charge in [-0.25, -0.2) is 4.68 Å². The number of nitrogens with zero attached hydrogens (tertiary/aromatic N) is 3. The summed E-state index contributed by atoms with van der Waals surface area (Å²) in [5.74, 6) is 0. The molecule has 0 bridgehead atoms. The molecular weight excluding hydrogens is 197 g/mol. The molecule has 0 atom stereocenters. The predicted molar refractivity (Wildman–Crippen MR) is 43.3 cm³/mol. The van der Waals surface area contributed by atoms with Gasteiger partial charge in [-0.1, -0.05) is 5.21 Å². The SMILES string of the molecule is CC(C)(N)c1cn(CC(F)(F)F)nn1. The molecule has 0 fully saturated rings. The summed E-state index contributed by atoms with van der Waals surface area (Å²) in [5, 5.41) is 6.89. The number of aromatic nitrogens is 3. The molecule has 0 aliphatic heterocycles. The van der Waals surface area contributed by atoms with Crippen molar-refractivity contribution in [1.29, 1.82) is 0 Å². The van der Waals surface area contributed by atoms with E-state index in [4.69, 9.17) is 5.73 Å². The molecule has 0 aliphatic rings. The highest BCUT2D eigenvalue weighted by Gasteiger charge is 2.29. The zero-order valence-corrected chi connectivity index (χ0v) is 7.84. The van der Waals surface area contributed by atoms with Crippen LogP contribution < -0.4 is 5.73 Å². The average molecular weight is 208 g/mol. The molecule has 0 spiro atoms. The van der Waals surface area contributed by atoms with Gasteiger partial charge in [0.15, 0.2) is 0 Å². The standard InChI is InChI=1S/C7H11F3N4/c1-6(2,11)5-3-14(13-12-5)4-7(8,9)10/h3H,4,11H2,1-2H3. The lowest BCUT2D eigenvalue weighted by molar-refractivity contribution is -0.142. The fourth-order valence-corrected chi connectivity index (χ4v) is 0.855. The quantitative estimate of drug-likeness (QED) is 0.789. The lowest BCUT2D eigenvalue weighted by Gasteiger charge is -2.13. The third-order valence-corrected chi connectivity index (χ3v) is 1.54. The van der Waals surface area contributed by atoms with E-state index in [1.165, 1.54) is 6.20 Å². The number of halogens is 3. The van der Waals surface area contributed by atoms with Crippen LogP contribution in [0.3, 0.4) is 0 Å². The molecule has 2 N–H and O–H groups in total. The van der Waals surface area contributed by atoms with E-state index >= 15 is 0 Å². The zero-order chi connectivity index (χ0) is 11.0. The minimum absolute atomic E-state index is 0.335. The normalized spacial score (nSPS) is 13.3. The molecule has 0 saturated carbocycles. The van der Waals surface area contributed by atoms with Gasteiger partial charge in [-0.3, -0.25) is 0 Å². The van der Waals surface area contributed by atoms with E-state index in [9.17, 15) is 13.2 Å². The van der Waals surface area contributed by atoms with Gasteiger partial charge in [-0.05, 0) is 13.8 Å². The van der Waals surface area contributed by atoms with Crippen molar-refractivity contribution in [2.45, 2.75) is 32.1 Å². The van der Waals surface area contributed by atoms with Crippen LogP contribution in [0, 0.1) is 0 Å². The Kier molecular flexibility index (Phi) is 2.53. The van der Waals surface area contributed by atoms with Crippen LogP contribution in [-0.4, -0.2) is 21.2 Å². The number of rotatable bonds is 2. The molecular formula is C7H11F3N4. The van der Waals surface area contributed by atoms with Crippen molar-refractivity contribution in [1.82, 2.24) is 15.0 Å². The average Bonchev–Trinajstić information content (AvgIpc) is 2.29. The van der Waals surface area contributed by atoms with Crippen LogP contribution in [0.1, 0.15) is 19.5 Å². The number of nitrogens with two attached hydrogens (primary N) is 1. The summed E-state index contributed by atoms with van der Waals surface area (Å²) >= 11 is 0. The lowest BCUT2D eigenvalue weighted by atomic mass is 10.0. The second-order valence-corrected chi connectivity index (χ2v) is 3.64. The largest absolute Gasteiger partial charge is 0.408 e. The smallest absolute Gasteiger partial charge is 0.320 e. The third-order valence-electron chi connectivity index (χ3n) is 1.54. The Hall–Kier alpha value is -1.11. The number of hydrogen-bond donors (Lipinski definition) is 1. The first-order valence-electron chi connectivity index (χ1n) is 3.95. The first kappa shape index (κ1) is 11.0. The van der Waals surface area contributed by atoms with Gasteiger partial charge in [0.05, 0.1) is 11.7 Å². The van der Waals surface area contributed by atoms with Crippen molar-refractivity contribution >= 4 is 0 Å². The van der Waals surface area contributed by atoms with Gasteiger partial charge in [0, 0.05) is 0 Å². The van der Waals surface area contributed by atoms with Crippen molar-refractivity contribution in [3.63, 3.8) is 0 Å². The van der Waals surface area contributed by atoms with Crippen LogP contribution in [-0.2, 0) is 12.1 Å². The van der Waals surface area contributed by atoms with Crippen LogP contribution in [0.5, 0.6) is 0 Å². The maximum atomic E-state index is 11.9. The predicted octanol–water partition coefficient (Wildman–Crippen LogP) is 1.03. The molecule has 0 radical (unpaired) electrons. The molecule has 1 heterocycles. The Bertz CT molecular complexity index is 309. The van der Waals surface area contributed by atoms with Gasteiger partial charge in [-0.15, -0.1) is 5.10 Å². The molecule has 7 heteroatoms. The van der Waals surface area contributed by atoms with Crippen molar-refractivity contribution in [3.8, 4) is 0 Å². The van der Waals surface area contributed by atoms with Crippen LogP contribution in [0.2, 0.25) is 0 Å². The topological polar surface area (TPSA) is 56.7 Å². The highest BCUT2D eigenvalue weighted by atomic mass is 19.4. The molecule has 1 aromatic rings. The summed E-state index contributed by atoms with van der Waals surface area (Å²) in [5.41, 5.74) is 5.20. The Morgan fingerprint density at radius 3 is 2.36 bits per heavy atom. The highest BCUT2D eigenvalue weighted by Crippen LogP contribution is 2.18. The van der Waals surface area contributed by atoms with Crippen molar-refractivity contribution in [2.75, 3.05) is 0 Å². The van der Waals surface area contributed by atoms with Gasteiger partial charge in [0.25, 0.3) is 0 Å². The molecule has 0 amide bonds. The van der Waals surface area contributed by atoms with Crippen molar-refractivity contribution in [2.24, 2.45) is 5.73 Å². The summed E-state index contributed by atoms with van der Waals surface area (Å²) in [6.07, 6.45) is -3.09. The van der Waals surface area contributed by atoms with Crippen LogP contribution in [0.25, 0.3) is 0 Å². The fraction of sp³-hybridized carbons (Fsp3) is 0.714. The highest BCUT2D eigenvalue weighted by molar-refractivity contribution is 5.05. The Morgan fingerprint density at radius 2 is 2.00 bits per heavy atom. The van der Waals surface area contributed by atoms with E-state index in [0.717, 1.165) is 4.68 Å². The Labute approximate surface area is 78.9 Å². The summed E-state index contributed by atoms with van der Waals surface area (Å²) in [6.45, 7) is 2.15. The molecule has 1 rings (SSSR count). The zero-order valence-electron chi connectivity index (χ0n) is 7.84. The first-order valence-corrected chi connectivity index (χ1v) is 3.95. The van der Waals surface area contributed by atoms with Gasteiger partial charge >= 0.3 is 6.18 Å². The van der Waals surface area contributed by atoms with Gasteiger partial charge in [0.2, 0.25) is 0 Å². The van der Waals surface area contributed by atoms with Crippen molar-refractivity contribution < 1.29 is 13.2 Å². The number of hydrogen-bond acceptors (Lipinski definition) is 3. The Morgan fingerprint density at radius 1 is 1.43 bits per heavy atom. The minimum atomic E-state index is -4.29. The molecule has 4 nitrogen and oxygen atoms in total. The van der Waals surface area contributed by atoms with Crippen LogP contribution >= 0.6 is 0 Å². The second-order valence-electron chi connectivity index (χ2n) is 3.64. The molecule has 0 unspecified atom stereocenters. The van der Waals surface area contributed by atoms with E-state index in [0.29, 0.717) is 5.69 Å². The molecule has 0 aromatic carbocycles. The molecule has 0 saturated heterocycles. The first-order chi connectivity index (χ1) is 6.18. The third kappa shape index (κ3) is 2.99. The maximum absolute atomic E-state index is 11.9.